The maximum Gasteiger partial charge on any atom is 0.0789 e. The first kappa shape index (κ1) is 26.6. The van der Waals surface area contributed by atoms with Crippen LogP contribution in [0.5, 0.6) is 0 Å². The lowest BCUT2D eigenvalue weighted by Crippen LogP contribution is -2.11. The molecule has 0 unspecified atom stereocenters. The van der Waals surface area contributed by atoms with Crippen molar-refractivity contribution in [1.29, 1.82) is 0 Å². The van der Waals surface area contributed by atoms with Crippen LogP contribution in [0, 0.1) is 15.9 Å². The van der Waals surface area contributed by atoms with Gasteiger partial charge in [0.05, 0.1) is 34.2 Å². The first-order chi connectivity index (χ1) is 19.7. The number of allylic oxidation sites excluding steroid dienone is 11. The van der Waals surface area contributed by atoms with Crippen molar-refractivity contribution in [3.05, 3.63) is 138 Å². The summed E-state index contributed by atoms with van der Waals surface area (Å²) in [7, 11) is 0. The highest BCUT2D eigenvalue weighted by Gasteiger charge is 2.32. The standard InChI is InChI=1S/C35H26I2N4/c1-20-4-6-21(7-5-20)34-29-15-14-28(40-29)33(22-8-10-23(36)11-9-22)27-13-12-24(38-27)16-25-19-35(2,3)32(39-25)18-30-26(37)17-31(34)41-30/h4-18H,19H2,1-3H3. The average Bonchev–Trinajstić information content (AvgIpc) is 3.71. The van der Waals surface area contributed by atoms with Crippen molar-refractivity contribution in [3.63, 3.8) is 0 Å². The summed E-state index contributed by atoms with van der Waals surface area (Å²) in [5.41, 5.74) is 12.9. The lowest BCUT2D eigenvalue weighted by atomic mass is 9.86. The van der Waals surface area contributed by atoms with Crippen LogP contribution in [0.3, 0.4) is 0 Å². The van der Waals surface area contributed by atoms with Crippen LogP contribution in [-0.4, -0.2) is 22.8 Å². The van der Waals surface area contributed by atoms with Crippen LogP contribution in [-0.2, 0) is 0 Å². The third-order valence-electron chi connectivity index (χ3n) is 7.72. The molecule has 0 atom stereocenters. The fourth-order valence-corrected chi connectivity index (χ4v) is 6.50. The Morgan fingerprint density at radius 2 is 1.27 bits per heavy atom. The summed E-state index contributed by atoms with van der Waals surface area (Å²) in [4.78, 5) is 20.6. The summed E-state index contributed by atoms with van der Waals surface area (Å²) in [5, 5.41) is 0. The number of halogens is 2. The molecule has 2 aromatic carbocycles. The number of nitrogens with zero attached hydrogens (tertiary/aromatic N) is 4. The van der Waals surface area contributed by atoms with Gasteiger partial charge in [0.2, 0.25) is 0 Å². The van der Waals surface area contributed by atoms with Gasteiger partial charge in [0, 0.05) is 41.5 Å². The molecule has 0 aliphatic carbocycles. The minimum Gasteiger partial charge on any atom is -0.257 e. The molecule has 0 saturated heterocycles. The molecule has 5 aliphatic rings. The molecule has 8 bridgehead atoms. The molecule has 4 nitrogen and oxygen atoms in total. The van der Waals surface area contributed by atoms with Crippen LogP contribution in [0.1, 0.15) is 37.0 Å². The molecule has 0 fully saturated rings. The molecule has 0 saturated carbocycles. The van der Waals surface area contributed by atoms with Gasteiger partial charge in [-0.1, -0.05) is 55.8 Å². The second-order valence-electron chi connectivity index (χ2n) is 11.3. The van der Waals surface area contributed by atoms with Crippen molar-refractivity contribution in [2.24, 2.45) is 25.4 Å². The molecule has 200 valence electrons. The molecule has 0 aromatic heterocycles. The van der Waals surface area contributed by atoms with E-state index in [1.165, 1.54) is 9.13 Å². The largest absolute Gasteiger partial charge is 0.257 e. The van der Waals surface area contributed by atoms with E-state index in [9.17, 15) is 0 Å². The Morgan fingerprint density at radius 1 is 0.634 bits per heavy atom. The summed E-state index contributed by atoms with van der Waals surface area (Å²) in [6.07, 6.45) is 15.7. The van der Waals surface area contributed by atoms with Crippen molar-refractivity contribution in [1.82, 2.24) is 0 Å². The smallest absolute Gasteiger partial charge is 0.0789 e. The molecule has 0 N–H and O–H groups in total. The lowest BCUT2D eigenvalue weighted by Gasteiger charge is -2.17. The second kappa shape index (κ2) is 10.2. The molecule has 2 aromatic rings. The molecule has 6 heteroatoms. The van der Waals surface area contributed by atoms with Gasteiger partial charge in [0.25, 0.3) is 0 Å². The Morgan fingerprint density at radius 3 is 2.02 bits per heavy atom. The van der Waals surface area contributed by atoms with Crippen molar-refractivity contribution in [2.45, 2.75) is 27.2 Å². The van der Waals surface area contributed by atoms with Gasteiger partial charge in [0.1, 0.15) is 0 Å². The predicted molar refractivity (Wildman–Crippen MR) is 189 cm³/mol. The molecule has 0 radical (unpaired) electrons. The monoisotopic (exact) mass is 756 g/mol. The van der Waals surface area contributed by atoms with Crippen LogP contribution >= 0.6 is 45.2 Å². The van der Waals surface area contributed by atoms with Crippen LogP contribution in [0.15, 0.2) is 137 Å². The minimum atomic E-state index is -0.0961. The first-order valence-electron chi connectivity index (χ1n) is 13.6. The Labute approximate surface area is 267 Å². The lowest BCUT2D eigenvalue weighted by molar-refractivity contribution is 0.485. The van der Waals surface area contributed by atoms with E-state index in [4.69, 9.17) is 20.0 Å². The van der Waals surface area contributed by atoms with E-state index in [0.29, 0.717) is 0 Å². The normalized spacial score (nSPS) is 20.6. The van der Waals surface area contributed by atoms with Crippen molar-refractivity contribution in [3.8, 4) is 0 Å². The number of benzene rings is 2. The van der Waals surface area contributed by atoms with Crippen molar-refractivity contribution in [2.75, 3.05) is 0 Å². The maximum atomic E-state index is 5.25. The zero-order valence-corrected chi connectivity index (χ0v) is 27.2. The van der Waals surface area contributed by atoms with Crippen LogP contribution in [0.4, 0.5) is 0 Å². The molecule has 5 heterocycles. The average molecular weight is 756 g/mol. The fourth-order valence-electron chi connectivity index (χ4n) is 5.57. The number of aryl methyl sites for hydroxylation is 1. The second-order valence-corrected chi connectivity index (χ2v) is 13.7. The molecule has 5 aliphatic heterocycles. The van der Waals surface area contributed by atoms with Gasteiger partial charge in [-0.25, -0.2) is 15.0 Å². The Bertz CT molecular complexity index is 1860. The number of fused-ring (bicyclic) bond motifs is 4. The quantitative estimate of drug-likeness (QED) is 0.275. The number of hydrogen-bond acceptors (Lipinski definition) is 4. The summed E-state index contributed by atoms with van der Waals surface area (Å²) >= 11 is 4.74. The van der Waals surface area contributed by atoms with Crippen LogP contribution < -0.4 is 0 Å². The van der Waals surface area contributed by atoms with Gasteiger partial charge >= 0.3 is 0 Å². The maximum absolute atomic E-state index is 5.25. The molecular weight excluding hydrogens is 730 g/mol. The first-order valence-corrected chi connectivity index (χ1v) is 15.7. The molecule has 7 rings (SSSR count). The molecule has 0 spiro atoms. The van der Waals surface area contributed by atoms with E-state index in [-0.39, 0.29) is 5.41 Å². The van der Waals surface area contributed by atoms with Crippen LogP contribution in [0.2, 0.25) is 0 Å². The van der Waals surface area contributed by atoms with Gasteiger partial charge in [-0.15, -0.1) is 0 Å². The van der Waals surface area contributed by atoms with E-state index in [2.05, 4.69) is 157 Å². The van der Waals surface area contributed by atoms with Gasteiger partial charge in [-0.2, -0.15) is 0 Å². The third kappa shape index (κ3) is 5.05. The van der Waals surface area contributed by atoms with Crippen LogP contribution in [0.25, 0.3) is 11.1 Å². The highest BCUT2D eigenvalue weighted by Crippen LogP contribution is 2.41. The molecule has 0 amide bonds. The Hall–Kier alpha value is -3.24. The van der Waals surface area contributed by atoms with E-state index in [1.54, 1.807) is 0 Å². The molecular formula is C35H26I2N4. The number of rotatable bonds is 2. The van der Waals surface area contributed by atoms with Gasteiger partial charge in [0.15, 0.2) is 0 Å². The number of aliphatic imine (C=N–C) groups is 4. The Kier molecular flexibility index (Phi) is 6.65. The summed E-state index contributed by atoms with van der Waals surface area (Å²) in [5.74, 6) is 0. The van der Waals surface area contributed by atoms with E-state index >= 15 is 0 Å². The summed E-state index contributed by atoms with van der Waals surface area (Å²) in [6.45, 7) is 6.61. The van der Waals surface area contributed by atoms with E-state index in [1.807, 2.05) is 0 Å². The SMILES string of the molecule is Cc1ccc(C2=C3C=C(I)C(=N3)C=C3N=C(C=C4C=CC(=N4)C(c4ccc(I)cc4)=C4C=CC2=N4)CC3(C)C)cc1. The van der Waals surface area contributed by atoms with Gasteiger partial charge < -0.3 is 0 Å². The topological polar surface area (TPSA) is 49.4 Å². The predicted octanol–water partition coefficient (Wildman–Crippen LogP) is 9.17. The fraction of sp³-hybridized carbons (Fsp3) is 0.143. The van der Waals surface area contributed by atoms with Gasteiger partial charge in [-0.05, 0) is 118 Å². The van der Waals surface area contributed by atoms with E-state index in [0.717, 1.165) is 77.9 Å². The summed E-state index contributed by atoms with van der Waals surface area (Å²) < 4.78 is 2.29. The zero-order chi connectivity index (χ0) is 28.3. The van der Waals surface area contributed by atoms with Crippen molar-refractivity contribution >= 4 is 79.2 Å². The highest BCUT2D eigenvalue weighted by atomic mass is 127. The highest BCUT2D eigenvalue weighted by molar-refractivity contribution is 14.1. The molecule has 41 heavy (non-hydrogen) atoms. The number of hydrogen-bond donors (Lipinski definition) is 0. The summed E-state index contributed by atoms with van der Waals surface area (Å²) in [6, 6.07) is 17.2. The van der Waals surface area contributed by atoms with Crippen molar-refractivity contribution < 1.29 is 0 Å². The minimum absolute atomic E-state index is 0.0961. The third-order valence-corrected chi connectivity index (χ3v) is 9.30. The van der Waals surface area contributed by atoms with E-state index < -0.39 is 0 Å². The Balaban J connectivity index is 1.52. The zero-order valence-electron chi connectivity index (χ0n) is 22.9. The van der Waals surface area contributed by atoms with Gasteiger partial charge in [-0.3, -0.25) is 4.99 Å².